The largest absolute Gasteiger partial charge is 0.335 e. The van der Waals surface area contributed by atoms with Gasteiger partial charge in [0.1, 0.15) is 0 Å². The second-order valence-corrected chi connectivity index (χ2v) is 7.67. The summed E-state index contributed by atoms with van der Waals surface area (Å²) in [7, 11) is 0. The van der Waals surface area contributed by atoms with Crippen molar-refractivity contribution in [2.24, 2.45) is 0 Å². The number of hydrogen-bond acceptors (Lipinski definition) is 4. The van der Waals surface area contributed by atoms with E-state index in [0.29, 0.717) is 6.42 Å². The zero-order chi connectivity index (χ0) is 17.4. The number of benzene rings is 1. The lowest BCUT2D eigenvalue weighted by Gasteiger charge is -2.39. The Morgan fingerprint density at radius 3 is 2.84 bits per heavy atom. The number of carbonyl (C=O) groups excluding carboxylic acids is 2. The van der Waals surface area contributed by atoms with E-state index in [9.17, 15) is 9.59 Å². The van der Waals surface area contributed by atoms with Crippen molar-refractivity contribution in [1.82, 2.24) is 15.1 Å². The van der Waals surface area contributed by atoms with E-state index in [1.807, 2.05) is 30.0 Å². The predicted molar refractivity (Wildman–Crippen MR) is 96.9 cm³/mol. The van der Waals surface area contributed by atoms with E-state index in [0.717, 1.165) is 56.0 Å². The lowest BCUT2D eigenvalue weighted by molar-refractivity contribution is -0.136. The molecule has 0 saturated carbocycles. The summed E-state index contributed by atoms with van der Waals surface area (Å²) in [5, 5.41) is 3.43. The minimum Gasteiger partial charge on any atom is -0.335 e. The van der Waals surface area contributed by atoms with Crippen molar-refractivity contribution in [2.45, 2.75) is 38.1 Å². The number of amides is 1. The van der Waals surface area contributed by atoms with Crippen LogP contribution in [0.15, 0.2) is 18.2 Å². The van der Waals surface area contributed by atoms with Crippen molar-refractivity contribution in [3.8, 4) is 0 Å². The standard InChI is InChI=1S/C20H27N3O2/c1-14-4-5-16-17(10-14)19(24)11-18(16)20(25)23-9-6-21-12-15(23)13-22-7-2-3-8-22/h4-5,10,15,18,21H,2-3,6-9,11-13H2,1H3. The number of rotatable bonds is 3. The van der Waals surface area contributed by atoms with E-state index in [1.165, 1.54) is 12.8 Å². The summed E-state index contributed by atoms with van der Waals surface area (Å²) in [6, 6.07) is 6.14. The van der Waals surface area contributed by atoms with Gasteiger partial charge in [0, 0.05) is 38.2 Å². The van der Waals surface area contributed by atoms with Crippen molar-refractivity contribution in [2.75, 3.05) is 39.3 Å². The smallest absolute Gasteiger partial charge is 0.230 e. The van der Waals surface area contributed by atoms with Crippen LogP contribution in [0.1, 0.15) is 46.7 Å². The third kappa shape index (κ3) is 3.23. The fourth-order valence-electron chi connectivity index (χ4n) is 4.52. The molecule has 2 aliphatic heterocycles. The van der Waals surface area contributed by atoms with Gasteiger partial charge in [-0.3, -0.25) is 9.59 Å². The average Bonchev–Trinajstić information content (AvgIpc) is 3.23. The second-order valence-electron chi connectivity index (χ2n) is 7.67. The Kier molecular flexibility index (Phi) is 4.61. The first kappa shape index (κ1) is 16.7. The quantitative estimate of drug-likeness (QED) is 0.907. The molecule has 2 fully saturated rings. The van der Waals surface area contributed by atoms with Crippen LogP contribution >= 0.6 is 0 Å². The Morgan fingerprint density at radius 2 is 2.04 bits per heavy atom. The Morgan fingerprint density at radius 1 is 1.24 bits per heavy atom. The van der Waals surface area contributed by atoms with E-state index >= 15 is 0 Å². The fraction of sp³-hybridized carbons (Fsp3) is 0.600. The fourth-order valence-corrected chi connectivity index (χ4v) is 4.52. The highest BCUT2D eigenvalue weighted by atomic mass is 16.2. The molecule has 5 heteroatoms. The number of nitrogens with one attached hydrogen (secondary N) is 1. The maximum Gasteiger partial charge on any atom is 0.230 e. The van der Waals surface area contributed by atoms with Crippen molar-refractivity contribution in [1.29, 1.82) is 0 Å². The molecule has 2 unspecified atom stereocenters. The maximum atomic E-state index is 13.3. The van der Waals surface area contributed by atoms with Gasteiger partial charge in [0.25, 0.3) is 0 Å². The van der Waals surface area contributed by atoms with Gasteiger partial charge >= 0.3 is 0 Å². The van der Waals surface area contributed by atoms with Gasteiger partial charge in [0.15, 0.2) is 5.78 Å². The Labute approximate surface area is 149 Å². The molecule has 2 saturated heterocycles. The topological polar surface area (TPSA) is 52.7 Å². The summed E-state index contributed by atoms with van der Waals surface area (Å²) < 4.78 is 0. The highest BCUT2D eigenvalue weighted by Gasteiger charge is 2.39. The first-order valence-corrected chi connectivity index (χ1v) is 9.51. The molecular weight excluding hydrogens is 314 g/mol. The number of Topliss-reactive ketones (excluding diaryl/α,β-unsaturated/α-hetero) is 1. The molecular formula is C20H27N3O2. The number of piperazine rings is 1. The molecule has 1 aromatic carbocycles. The number of ketones is 1. The molecule has 0 spiro atoms. The zero-order valence-electron chi connectivity index (χ0n) is 15.0. The molecule has 1 aliphatic carbocycles. The summed E-state index contributed by atoms with van der Waals surface area (Å²) in [6.07, 6.45) is 2.86. The monoisotopic (exact) mass is 341 g/mol. The molecule has 134 valence electrons. The lowest BCUT2D eigenvalue weighted by Crippen LogP contribution is -2.58. The van der Waals surface area contributed by atoms with Crippen LogP contribution in [-0.4, -0.2) is 66.8 Å². The summed E-state index contributed by atoms with van der Waals surface area (Å²) in [5.41, 5.74) is 2.76. The van der Waals surface area contributed by atoms with Crippen LogP contribution in [0.25, 0.3) is 0 Å². The summed E-state index contributed by atoms with van der Waals surface area (Å²) in [5.74, 6) is -0.0350. The molecule has 25 heavy (non-hydrogen) atoms. The van der Waals surface area contributed by atoms with Crippen LogP contribution in [0.2, 0.25) is 0 Å². The van der Waals surface area contributed by atoms with E-state index in [4.69, 9.17) is 0 Å². The van der Waals surface area contributed by atoms with Crippen LogP contribution in [0.5, 0.6) is 0 Å². The normalized spacial score (nSPS) is 26.9. The molecule has 1 aromatic rings. The molecule has 2 heterocycles. The number of nitrogens with zero attached hydrogens (tertiary/aromatic N) is 2. The van der Waals surface area contributed by atoms with E-state index in [1.54, 1.807) is 0 Å². The van der Waals surface area contributed by atoms with Gasteiger partial charge in [-0.2, -0.15) is 0 Å². The van der Waals surface area contributed by atoms with Crippen molar-refractivity contribution in [3.63, 3.8) is 0 Å². The third-order valence-corrected chi connectivity index (χ3v) is 5.87. The van der Waals surface area contributed by atoms with Gasteiger partial charge < -0.3 is 15.1 Å². The number of hydrogen-bond donors (Lipinski definition) is 1. The van der Waals surface area contributed by atoms with Crippen molar-refractivity contribution in [3.05, 3.63) is 34.9 Å². The molecule has 3 aliphatic rings. The first-order valence-electron chi connectivity index (χ1n) is 9.51. The highest BCUT2D eigenvalue weighted by Crippen LogP contribution is 2.35. The molecule has 5 nitrogen and oxygen atoms in total. The molecule has 0 radical (unpaired) electrons. The molecule has 4 rings (SSSR count). The average molecular weight is 341 g/mol. The molecule has 1 amide bonds. The van der Waals surface area contributed by atoms with Gasteiger partial charge in [-0.15, -0.1) is 0 Å². The highest BCUT2D eigenvalue weighted by molar-refractivity contribution is 6.06. The van der Waals surface area contributed by atoms with E-state index in [-0.39, 0.29) is 23.7 Å². The Hall–Kier alpha value is -1.72. The molecule has 1 N–H and O–H groups in total. The van der Waals surface area contributed by atoms with Crippen molar-refractivity contribution < 1.29 is 9.59 Å². The van der Waals surface area contributed by atoms with Crippen LogP contribution in [0.3, 0.4) is 0 Å². The summed E-state index contributed by atoms with van der Waals surface area (Å²) in [4.78, 5) is 30.2. The van der Waals surface area contributed by atoms with Gasteiger partial charge in [-0.1, -0.05) is 17.7 Å². The summed E-state index contributed by atoms with van der Waals surface area (Å²) in [6.45, 7) is 7.65. The Bertz CT molecular complexity index is 682. The SMILES string of the molecule is Cc1ccc2c(c1)C(=O)CC2C(=O)N1CCNCC1CN1CCCC1. The minimum absolute atomic E-state index is 0.114. The lowest BCUT2D eigenvalue weighted by atomic mass is 9.97. The van der Waals surface area contributed by atoms with Crippen LogP contribution in [-0.2, 0) is 4.79 Å². The number of fused-ring (bicyclic) bond motifs is 1. The van der Waals surface area contributed by atoms with Gasteiger partial charge in [-0.25, -0.2) is 0 Å². The first-order chi connectivity index (χ1) is 12.1. The van der Waals surface area contributed by atoms with Gasteiger partial charge in [0.2, 0.25) is 5.91 Å². The van der Waals surface area contributed by atoms with Crippen LogP contribution < -0.4 is 5.32 Å². The molecule has 0 aromatic heterocycles. The molecule has 0 bridgehead atoms. The summed E-state index contributed by atoms with van der Waals surface area (Å²) >= 11 is 0. The molecule has 2 atom stereocenters. The van der Waals surface area contributed by atoms with E-state index < -0.39 is 0 Å². The third-order valence-electron chi connectivity index (χ3n) is 5.87. The van der Waals surface area contributed by atoms with Crippen LogP contribution in [0, 0.1) is 6.92 Å². The predicted octanol–water partition coefficient (Wildman–Crippen LogP) is 1.56. The Balaban J connectivity index is 1.54. The van der Waals surface area contributed by atoms with Gasteiger partial charge in [-0.05, 0) is 44.5 Å². The van der Waals surface area contributed by atoms with E-state index in [2.05, 4.69) is 10.2 Å². The maximum absolute atomic E-state index is 13.3. The number of likely N-dealkylation sites (tertiary alicyclic amines) is 1. The second kappa shape index (κ2) is 6.89. The van der Waals surface area contributed by atoms with Crippen LogP contribution in [0.4, 0.5) is 0 Å². The number of aryl methyl sites for hydroxylation is 1. The zero-order valence-corrected chi connectivity index (χ0v) is 15.0. The van der Waals surface area contributed by atoms with Gasteiger partial charge in [0.05, 0.1) is 12.0 Å². The van der Waals surface area contributed by atoms with Crippen molar-refractivity contribution >= 4 is 11.7 Å². The number of carbonyl (C=O) groups is 2. The minimum atomic E-state index is -0.290.